The third-order valence-electron chi connectivity index (χ3n) is 5.07. The van der Waals surface area contributed by atoms with Gasteiger partial charge in [-0.15, -0.1) is 0 Å². The highest BCUT2D eigenvalue weighted by molar-refractivity contribution is 5.86. The van der Waals surface area contributed by atoms with Gasteiger partial charge in [-0.2, -0.15) is 0 Å². The van der Waals surface area contributed by atoms with Crippen LogP contribution in [0.1, 0.15) is 57.2 Å². The number of unbranched alkanes of at least 4 members (excludes halogenated alkanes) is 2. The average Bonchev–Trinajstić information content (AvgIpc) is 3.20. The monoisotopic (exact) mass is 364 g/mol. The maximum absolute atomic E-state index is 11.4. The zero-order chi connectivity index (χ0) is 19.1. The van der Waals surface area contributed by atoms with E-state index in [2.05, 4.69) is 46.4 Å². The first kappa shape index (κ1) is 19.3. The molecule has 3 aromatic rings. The maximum atomic E-state index is 11.4. The van der Waals surface area contributed by atoms with Gasteiger partial charge in [-0.05, 0) is 29.7 Å². The number of aromatic amines is 1. The molecule has 1 N–H and O–H groups in total. The molecular weight excluding hydrogens is 336 g/mol. The van der Waals surface area contributed by atoms with Crippen molar-refractivity contribution in [3.8, 4) is 11.4 Å². The van der Waals surface area contributed by atoms with Crippen molar-refractivity contribution < 1.29 is 9.53 Å². The first-order chi connectivity index (χ1) is 13.2. The van der Waals surface area contributed by atoms with Gasteiger partial charge in [0.15, 0.2) is 0 Å². The number of nitrogens with one attached hydrogen (secondary N) is 1. The van der Waals surface area contributed by atoms with Crippen LogP contribution in [0.25, 0.3) is 22.2 Å². The summed E-state index contributed by atoms with van der Waals surface area (Å²) >= 11 is 0. The van der Waals surface area contributed by atoms with Gasteiger partial charge in [0.25, 0.3) is 0 Å². The Hall–Kier alpha value is -2.46. The Balaban J connectivity index is 1.61. The van der Waals surface area contributed by atoms with E-state index in [-0.39, 0.29) is 6.10 Å². The molecule has 0 saturated carbocycles. The summed E-state index contributed by atoms with van der Waals surface area (Å²) in [4.78, 5) is 19.4. The van der Waals surface area contributed by atoms with Crippen molar-refractivity contribution in [1.82, 2.24) is 9.97 Å². The normalized spacial score (nSPS) is 12.4. The van der Waals surface area contributed by atoms with E-state index in [1.807, 2.05) is 19.2 Å². The number of imidazole rings is 1. The molecule has 1 heterocycles. The Morgan fingerprint density at radius 1 is 1.11 bits per heavy atom. The summed E-state index contributed by atoms with van der Waals surface area (Å²) in [5.74, 6) is 1.22. The number of hydrogen-bond acceptors (Lipinski definition) is 3. The lowest BCUT2D eigenvalue weighted by Gasteiger charge is -2.13. The van der Waals surface area contributed by atoms with Gasteiger partial charge in [0.05, 0.1) is 18.0 Å². The van der Waals surface area contributed by atoms with Crippen molar-refractivity contribution >= 4 is 16.6 Å². The van der Waals surface area contributed by atoms with Crippen LogP contribution in [0.4, 0.5) is 0 Å². The molecule has 0 aliphatic heterocycles. The highest BCUT2D eigenvalue weighted by atomic mass is 16.5. The minimum Gasteiger partial charge on any atom is -0.375 e. The first-order valence-corrected chi connectivity index (χ1v) is 9.80. The second-order valence-corrected chi connectivity index (χ2v) is 6.96. The number of H-pyrrole nitrogens is 1. The number of carbonyl (C=O) groups excluding carboxylic acids is 1. The van der Waals surface area contributed by atoms with Crippen LogP contribution in [0.3, 0.4) is 0 Å². The molecule has 0 fully saturated rings. The Labute approximate surface area is 161 Å². The maximum Gasteiger partial charge on any atom is 0.137 e. The third kappa shape index (κ3) is 5.04. The van der Waals surface area contributed by atoms with E-state index in [4.69, 9.17) is 4.74 Å². The summed E-state index contributed by atoms with van der Waals surface area (Å²) in [6.45, 7) is 1.93. The lowest BCUT2D eigenvalue weighted by Crippen LogP contribution is -2.02. The minimum atomic E-state index is 0.00795. The molecule has 27 heavy (non-hydrogen) atoms. The molecular formula is C23H28N2O2. The number of ketones is 1. The quantitative estimate of drug-likeness (QED) is 0.459. The molecule has 4 heteroatoms. The zero-order valence-corrected chi connectivity index (χ0v) is 16.2. The number of hydrogen-bond donors (Lipinski definition) is 1. The number of benzene rings is 2. The molecule has 0 bridgehead atoms. The van der Waals surface area contributed by atoms with E-state index in [1.54, 1.807) is 7.11 Å². The standard InChI is InChI=1S/C23H28N2O2/c1-3-20(26)11-5-4-6-12-22(27-2)21-16-24-23(25-21)19-14-13-17-9-7-8-10-18(17)15-19/h7-10,13-16,22H,3-6,11-12H2,1-2H3,(H,24,25). The van der Waals surface area contributed by atoms with Crippen LogP contribution in [0.5, 0.6) is 0 Å². The molecule has 1 unspecified atom stereocenters. The number of fused-ring (bicyclic) bond motifs is 1. The summed E-state index contributed by atoms with van der Waals surface area (Å²) < 4.78 is 5.67. The molecule has 1 aromatic heterocycles. The minimum absolute atomic E-state index is 0.00795. The molecule has 3 rings (SSSR count). The van der Waals surface area contributed by atoms with Crippen LogP contribution in [0, 0.1) is 0 Å². The number of ether oxygens (including phenoxy) is 1. The SMILES string of the molecule is CCC(=O)CCCCCC(OC)c1cnc(-c2ccc3ccccc3c2)[nH]1. The smallest absolute Gasteiger partial charge is 0.137 e. The van der Waals surface area contributed by atoms with Crippen molar-refractivity contribution in [3.05, 3.63) is 54.4 Å². The van der Waals surface area contributed by atoms with Crippen LogP contribution in [0.2, 0.25) is 0 Å². The molecule has 0 amide bonds. The molecule has 4 nitrogen and oxygen atoms in total. The average molecular weight is 364 g/mol. The van der Waals surface area contributed by atoms with Gasteiger partial charge >= 0.3 is 0 Å². The lowest BCUT2D eigenvalue weighted by atomic mass is 10.1. The van der Waals surface area contributed by atoms with E-state index in [0.29, 0.717) is 18.6 Å². The summed E-state index contributed by atoms with van der Waals surface area (Å²) in [5, 5.41) is 2.43. The fourth-order valence-electron chi connectivity index (χ4n) is 3.39. The predicted molar refractivity (Wildman–Crippen MR) is 110 cm³/mol. The largest absolute Gasteiger partial charge is 0.375 e. The predicted octanol–water partition coefficient (Wildman–Crippen LogP) is 5.85. The Bertz CT molecular complexity index is 885. The van der Waals surface area contributed by atoms with Crippen LogP contribution in [0.15, 0.2) is 48.7 Å². The summed E-state index contributed by atoms with van der Waals surface area (Å²) in [5.41, 5.74) is 2.08. The van der Waals surface area contributed by atoms with E-state index in [1.165, 1.54) is 10.8 Å². The summed E-state index contributed by atoms with van der Waals surface area (Å²) in [6.07, 6.45) is 7.21. The Morgan fingerprint density at radius 2 is 1.93 bits per heavy atom. The number of Topliss-reactive ketones (excluding diaryl/α,β-unsaturated/α-hetero) is 1. The molecule has 0 aliphatic rings. The van der Waals surface area contributed by atoms with Crippen molar-refractivity contribution in [1.29, 1.82) is 0 Å². The molecule has 0 saturated heterocycles. The molecule has 142 valence electrons. The van der Waals surface area contributed by atoms with Crippen molar-refractivity contribution in [2.24, 2.45) is 0 Å². The molecule has 0 radical (unpaired) electrons. The van der Waals surface area contributed by atoms with E-state index < -0.39 is 0 Å². The van der Waals surface area contributed by atoms with Gasteiger partial charge in [0, 0.05) is 25.5 Å². The molecule has 0 spiro atoms. The number of aromatic nitrogens is 2. The van der Waals surface area contributed by atoms with Gasteiger partial charge < -0.3 is 9.72 Å². The van der Waals surface area contributed by atoms with Crippen LogP contribution < -0.4 is 0 Å². The topological polar surface area (TPSA) is 55.0 Å². The van der Waals surface area contributed by atoms with Crippen molar-refractivity contribution in [3.63, 3.8) is 0 Å². The third-order valence-corrected chi connectivity index (χ3v) is 5.07. The van der Waals surface area contributed by atoms with E-state index in [9.17, 15) is 4.79 Å². The number of carbonyl (C=O) groups is 1. The van der Waals surface area contributed by atoms with Gasteiger partial charge in [0.1, 0.15) is 11.6 Å². The fourth-order valence-corrected chi connectivity index (χ4v) is 3.39. The molecule has 2 aromatic carbocycles. The highest BCUT2D eigenvalue weighted by Gasteiger charge is 2.14. The van der Waals surface area contributed by atoms with Crippen LogP contribution in [-0.2, 0) is 9.53 Å². The first-order valence-electron chi connectivity index (χ1n) is 9.80. The Morgan fingerprint density at radius 3 is 2.70 bits per heavy atom. The second kappa shape index (κ2) is 9.47. The highest BCUT2D eigenvalue weighted by Crippen LogP contribution is 2.26. The van der Waals surface area contributed by atoms with Crippen LogP contribution in [-0.4, -0.2) is 22.9 Å². The lowest BCUT2D eigenvalue weighted by molar-refractivity contribution is -0.118. The van der Waals surface area contributed by atoms with Crippen molar-refractivity contribution in [2.45, 2.75) is 51.6 Å². The van der Waals surface area contributed by atoms with Gasteiger partial charge in [-0.1, -0.05) is 56.2 Å². The molecule has 0 aliphatic carbocycles. The number of nitrogens with zero attached hydrogens (tertiary/aromatic N) is 1. The number of rotatable bonds is 10. The van der Waals surface area contributed by atoms with Crippen LogP contribution >= 0.6 is 0 Å². The summed E-state index contributed by atoms with van der Waals surface area (Å²) in [7, 11) is 1.74. The van der Waals surface area contributed by atoms with Gasteiger partial charge in [-0.25, -0.2) is 4.98 Å². The van der Waals surface area contributed by atoms with Gasteiger partial charge in [-0.3, -0.25) is 4.79 Å². The van der Waals surface area contributed by atoms with E-state index in [0.717, 1.165) is 42.8 Å². The van der Waals surface area contributed by atoms with Crippen molar-refractivity contribution in [2.75, 3.05) is 7.11 Å². The number of methoxy groups -OCH3 is 1. The Kier molecular flexibility index (Phi) is 6.77. The summed E-state index contributed by atoms with van der Waals surface area (Å²) in [6, 6.07) is 14.7. The van der Waals surface area contributed by atoms with Gasteiger partial charge in [0.2, 0.25) is 0 Å². The second-order valence-electron chi connectivity index (χ2n) is 6.96. The zero-order valence-electron chi connectivity index (χ0n) is 16.2. The molecule has 1 atom stereocenters. The van der Waals surface area contributed by atoms with E-state index >= 15 is 0 Å². The fraction of sp³-hybridized carbons (Fsp3) is 0.391.